The van der Waals surface area contributed by atoms with Crippen LogP contribution in [-0.4, -0.2) is 34.4 Å². The summed E-state index contributed by atoms with van der Waals surface area (Å²) in [4.78, 5) is 39.4. The molecule has 0 aliphatic carbocycles. The lowest BCUT2D eigenvalue weighted by molar-refractivity contribution is 0.0723. The molecule has 3 rings (SSSR count). The molecular weight excluding hydrogens is 389 g/mol. The standard InChI is InChI=1S/C19H19Cl2N3O3/c1-23-11-12(18(26)24-7-3-2-4-8-24)9-16(19(23)27)22-17(25)14-10-13(20)5-6-15(14)21/h5-6,9-11H,2-4,7-8H2,1H3,(H,22,25). The average molecular weight is 408 g/mol. The van der Waals surface area contributed by atoms with Crippen LogP contribution >= 0.6 is 23.2 Å². The molecule has 2 heterocycles. The number of aryl methyl sites for hydroxylation is 1. The van der Waals surface area contributed by atoms with Gasteiger partial charge in [-0.2, -0.15) is 0 Å². The first kappa shape index (κ1) is 19.5. The fourth-order valence-electron chi connectivity index (χ4n) is 3.06. The van der Waals surface area contributed by atoms with E-state index in [1.54, 1.807) is 11.0 Å². The Balaban J connectivity index is 1.90. The van der Waals surface area contributed by atoms with Crippen LogP contribution in [-0.2, 0) is 7.05 Å². The number of nitrogens with zero attached hydrogens (tertiary/aromatic N) is 2. The van der Waals surface area contributed by atoms with E-state index in [0.29, 0.717) is 23.7 Å². The minimum absolute atomic E-state index is 0.0152. The number of carbonyl (C=O) groups excluding carboxylic acids is 2. The maximum absolute atomic E-state index is 12.7. The van der Waals surface area contributed by atoms with Crippen molar-refractivity contribution in [2.75, 3.05) is 18.4 Å². The lowest BCUT2D eigenvalue weighted by Gasteiger charge is -2.27. The van der Waals surface area contributed by atoms with E-state index in [0.717, 1.165) is 19.3 Å². The molecular formula is C19H19Cl2N3O3. The molecule has 1 saturated heterocycles. The number of anilines is 1. The molecule has 142 valence electrons. The van der Waals surface area contributed by atoms with Crippen molar-refractivity contribution in [2.45, 2.75) is 19.3 Å². The van der Waals surface area contributed by atoms with Crippen LogP contribution in [0.15, 0.2) is 35.3 Å². The largest absolute Gasteiger partial charge is 0.339 e. The van der Waals surface area contributed by atoms with Gasteiger partial charge < -0.3 is 14.8 Å². The second kappa shape index (κ2) is 8.15. The van der Waals surface area contributed by atoms with Crippen molar-refractivity contribution in [1.82, 2.24) is 9.47 Å². The van der Waals surface area contributed by atoms with Crippen molar-refractivity contribution >= 4 is 40.7 Å². The fraction of sp³-hybridized carbons (Fsp3) is 0.316. The number of halogens is 2. The number of piperidine rings is 1. The Morgan fingerprint density at radius 2 is 1.78 bits per heavy atom. The van der Waals surface area contributed by atoms with Gasteiger partial charge in [0.15, 0.2) is 0 Å². The zero-order valence-electron chi connectivity index (χ0n) is 14.8. The molecule has 1 aromatic carbocycles. The summed E-state index contributed by atoms with van der Waals surface area (Å²) < 4.78 is 1.28. The molecule has 1 aliphatic rings. The topological polar surface area (TPSA) is 71.4 Å². The Morgan fingerprint density at radius 1 is 1.07 bits per heavy atom. The summed E-state index contributed by atoms with van der Waals surface area (Å²) in [6.45, 7) is 1.39. The predicted octanol–water partition coefficient (Wildman–Crippen LogP) is 3.57. The van der Waals surface area contributed by atoms with Crippen LogP contribution < -0.4 is 10.9 Å². The molecule has 6 nitrogen and oxygen atoms in total. The molecule has 0 unspecified atom stereocenters. The first-order chi connectivity index (χ1) is 12.9. The van der Waals surface area contributed by atoms with Crippen molar-refractivity contribution in [3.05, 3.63) is 62.0 Å². The molecule has 1 aliphatic heterocycles. The summed E-state index contributed by atoms with van der Waals surface area (Å²) in [5, 5.41) is 3.12. The number of likely N-dealkylation sites (tertiary alicyclic amines) is 1. The van der Waals surface area contributed by atoms with E-state index in [1.165, 1.54) is 36.0 Å². The van der Waals surface area contributed by atoms with Gasteiger partial charge in [-0.05, 0) is 43.5 Å². The van der Waals surface area contributed by atoms with E-state index in [2.05, 4.69) is 5.32 Å². The smallest absolute Gasteiger partial charge is 0.274 e. The van der Waals surface area contributed by atoms with Gasteiger partial charge in [-0.25, -0.2) is 0 Å². The molecule has 0 radical (unpaired) electrons. The minimum atomic E-state index is -0.567. The van der Waals surface area contributed by atoms with Crippen LogP contribution in [0.3, 0.4) is 0 Å². The van der Waals surface area contributed by atoms with Crippen molar-refractivity contribution in [3.8, 4) is 0 Å². The fourth-order valence-corrected chi connectivity index (χ4v) is 3.43. The Bertz CT molecular complexity index is 950. The molecule has 1 fully saturated rings. The van der Waals surface area contributed by atoms with Gasteiger partial charge in [0.1, 0.15) is 5.69 Å². The van der Waals surface area contributed by atoms with Gasteiger partial charge in [0, 0.05) is 31.4 Å². The van der Waals surface area contributed by atoms with E-state index < -0.39 is 11.5 Å². The molecule has 0 saturated carbocycles. The summed E-state index contributed by atoms with van der Waals surface area (Å²) in [5.74, 6) is -0.719. The van der Waals surface area contributed by atoms with E-state index in [4.69, 9.17) is 23.2 Å². The Kier molecular flexibility index (Phi) is 5.87. The maximum Gasteiger partial charge on any atom is 0.274 e. The highest BCUT2D eigenvalue weighted by molar-refractivity contribution is 6.36. The molecule has 1 aromatic heterocycles. The van der Waals surface area contributed by atoms with Gasteiger partial charge in [-0.3, -0.25) is 14.4 Å². The third-order valence-corrected chi connectivity index (χ3v) is 5.06. The molecule has 2 amide bonds. The molecule has 2 aromatic rings. The van der Waals surface area contributed by atoms with Crippen molar-refractivity contribution < 1.29 is 9.59 Å². The summed E-state index contributed by atoms with van der Waals surface area (Å²) in [6.07, 6.45) is 4.53. The van der Waals surface area contributed by atoms with Gasteiger partial charge in [0.2, 0.25) is 0 Å². The Labute approximate surface area is 166 Å². The minimum Gasteiger partial charge on any atom is -0.339 e. The van der Waals surface area contributed by atoms with Crippen LogP contribution in [0.2, 0.25) is 10.0 Å². The van der Waals surface area contributed by atoms with Crippen LogP contribution in [0.4, 0.5) is 5.69 Å². The van der Waals surface area contributed by atoms with E-state index >= 15 is 0 Å². The lowest BCUT2D eigenvalue weighted by Crippen LogP contribution is -2.36. The molecule has 27 heavy (non-hydrogen) atoms. The van der Waals surface area contributed by atoms with Crippen LogP contribution in [0.5, 0.6) is 0 Å². The number of rotatable bonds is 3. The normalized spacial score (nSPS) is 14.1. The SMILES string of the molecule is Cn1cc(C(=O)N2CCCCC2)cc(NC(=O)c2cc(Cl)ccc2Cl)c1=O. The number of carbonyl (C=O) groups is 2. The van der Waals surface area contributed by atoms with Crippen molar-refractivity contribution in [2.24, 2.45) is 7.05 Å². The van der Waals surface area contributed by atoms with E-state index in [9.17, 15) is 14.4 Å². The highest BCUT2D eigenvalue weighted by atomic mass is 35.5. The first-order valence-corrected chi connectivity index (χ1v) is 9.39. The molecule has 1 N–H and O–H groups in total. The highest BCUT2D eigenvalue weighted by Crippen LogP contribution is 2.22. The van der Waals surface area contributed by atoms with Crippen LogP contribution in [0, 0.1) is 0 Å². The predicted molar refractivity (Wildman–Crippen MR) is 106 cm³/mol. The summed E-state index contributed by atoms with van der Waals surface area (Å²) in [6, 6.07) is 5.91. The number of aromatic nitrogens is 1. The highest BCUT2D eigenvalue weighted by Gasteiger charge is 2.21. The summed E-state index contributed by atoms with van der Waals surface area (Å²) in [7, 11) is 1.54. The second-order valence-corrected chi connectivity index (χ2v) is 7.33. The van der Waals surface area contributed by atoms with E-state index in [1.807, 2.05) is 0 Å². The molecule has 0 atom stereocenters. The number of pyridine rings is 1. The monoisotopic (exact) mass is 407 g/mol. The van der Waals surface area contributed by atoms with Gasteiger partial charge >= 0.3 is 0 Å². The Morgan fingerprint density at radius 3 is 2.48 bits per heavy atom. The number of nitrogens with one attached hydrogen (secondary N) is 1. The maximum atomic E-state index is 12.7. The number of hydrogen-bond donors (Lipinski definition) is 1. The Hall–Kier alpha value is -2.31. The van der Waals surface area contributed by atoms with Gasteiger partial charge in [0.25, 0.3) is 17.4 Å². The van der Waals surface area contributed by atoms with Gasteiger partial charge in [0.05, 0.1) is 16.1 Å². The van der Waals surface area contributed by atoms with Crippen molar-refractivity contribution in [1.29, 1.82) is 0 Å². The number of amides is 2. The summed E-state index contributed by atoms with van der Waals surface area (Å²) >= 11 is 12.0. The quantitative estimate of drug-likeness (QED) is 0.844. The molecule has 0 bridgehead atoms. The van der Waals surface area contributed by atoms with Crippen LogP contribution in [0.25, 0.3) is 0 Å². The first-order valence-electron chi connectivity index (χ1n) is 8.63. The van der Waals surface area contributed by atoms with Gasteiger partial charge in [-0.1, -0.05) is 23.2 Å². The van der Waals surface area contributed by atoms with Gasteiger partial charge in [-0.15, -0.1) is 0 Å². The lowest BCUT2D eigenvalue weighted by atomic mass is 10.1. The number of benzene rings is 1. The molecule has 8 heteroatoms. The zero-order valence-corrected chi connectivity index (χ0v) is 16.3. The molecule has 0 spiro atoms. The van der Waals surface area contributed by atoms with Crippen molar-refractivity contribution in [3.63, 3.8) is 0 Å². The van der Waals surface area contributed by atoms with Crippen LogP contribution in [0.1, 0.15) is 40.0 Å². The van der Waals surface area contributed by atoms with E-state index in [-0.39, 0.29) is 22.2 Å². The zero-order chi connectivity index (χ0) is 19.6. The third-order valence-electron chi connectivity index (χ3n) is 4.49. The third kappa shape index (κ3) is 4.34. The second-order valence-electron chi connectivity index (χ2n) is 6.49. The average Bonchev–Trinajstić information content (AvgIpc) is 2.67. The summed E-state index contributed by atoms with van der Waals surface area (Å²) in [5.41, 5.74) is 0.101. The number of hydrogen-bond acceptors (Lipinski definition) is 3.